The summed E-state index contributed by atoms with van der Waals surface area (Å²) < 4.78 is 0. The Kier molecular flexibility index (Phi) is 6.24. The largest absolute Gasteiger partial charge is 0.353 e. The highest BCUT2D eigenvalue weighted by Gasteiger charge is 2.24. The molecule has 2 atom stereocenters. The highest BCUT2D eigenvalue weighted by molar-refractivity contribution is 5.79. The van der Waals surface area contributed by atoms with E-state index >= 15 is 0 Å². The standard InChI is InChI=1S/C18H28N2O/c1-14(16-10-6-3-7-11-16)20-18(21)17(13-19)12-15-8-4-2-5-9-15/h2,4-5,8-9,14,16-17H,3,6-7,10-13,19H2,1H3,(H,20,21). The summed E-state index contributed by atoms with van der Waals surface area (Å²) in [5, 5.41) is 3.20. The van der Waals surface area contributed by atoms with Gasteiger partial charge in [0.1, 0.15) is 0 Å². The van der Waals surface area contributed by atoms with Gasteiger partial charge in [-0.2, -0.15) is 0 Å². The van der Waals surface area contributed by atoms with Crippen molar-refractivity contribution in [1.82, 2.24) is 5.32 Å². The van der Waals surface area contributed by atoms with Crippen LogP contribution in [0.1, 0.15) is 44.6 Å². The lowest BCUT2D eigenvalue weighted by molar-refractivity contribution is -0.125. The van der Waals surface area contributed by atoms with Crippen molar-refractivity contribution in [2.45, 2.75) is 51.5 Å². The summed E-state index contributed by atoms with van der Waals surface area (Å²) >= 11 is 0. The molecule has 0 aliphatic heterocycles. The fourth-order valence-corrected chi connectivity index (χ4v) is 3.28. The second-order valence-electron chi connectivity index (χ2n) is 6.32. The Bertz CT molecular complexity index is 426. The number of nitrogens with two attached hydrogens (primary N) is 1. The Morgan fingerprint density at radius 2 is 1.90 bits per heavy atom. The molecule has 3 N–H and O–H groups in total. The molecule has 1 aliphatic rings. The lowest BCUT2D eigenvalue weighted by Crippen LogP contribution is -2.44. The van der Waals surface area contributed by atoms with Gasteiger partial charge in [0.2, 0.25) is 5.91 Å². The van der Waals surface area contributed by atoms with E-state index in [1.54, 1.807) is 0 Å². The molecule has 0 radical (unpaired) electrons. The van der Waals surface area contributed by atoms with Crippen LogP contribution < -0.4 is 11.1 Å². The number of hydrogen-bond donors (Lipinski definition) is 2. The van der Waals surface area contributed by atoms with Gasteiger partial charge < -0.3 is 11.1 Å². The van der Waals surface area contributed by atoms with Gasteiger partial charge in [0.05, 0.1) is 5.92 Å². The van der Waals surface area contributed by atoms with Gasteiger partial charge in [-0.05, 0) is 37.7 Å². The maximum absolute atomic E-state index is 12.4. The number of rotatable bonds is 6. The van der Waals surface area contributed by atoms with E-state index in [2.05, 4.69) is 24.4 Å². The molecule has 2 rings (SSSR count). The molecular weight excluding hydrogens is 260 g/mol. The van der Waals surface area contributed by atoms with Crippen LogP contribution in [0.5, 0.6) is 0 Å². The van der Waals surface area contributed by atoms with Crippen molar-refractivity contribution >= 4 is 5.91 Å². The summed E-state index contributed by atoms with van der Waals surface area (Å²) in [7, 11) is 0. The van der Waals surface area contributed by atoms with Crippen molar-refractivity contribution < 1.29 is 4.79 Å². The van der Waals surface area contributed by atoms with Crippen molar-refractivity contribution in [3.63, 3.8) is 0 Å². The molecule has 1 amide bonds. The molecule has 0 saturated heterocycles. The molecule has 116 valence electrons. The van der Waals surface area contributed by atoms with Gasteiger partial charge in [0.25, 0.3) is 0 Å². The third-order valence-corrected chi connectivity index (χ3v) is 4.71. The Morgan fingerprint density at radius 1 is 1.24 bits per heavy atom. The fraction of sp³-hybridized carbons (Fsp3) is 0.611. The van der Waals surface area contributed by atoms with E-state index in [9.17, 15) is 4.79 Å². The van der Waals surface area contributed by atoms with Crippen LogP contribution in [0.4, 0.5) is 0 Å². The molecule has 1 aromatic carbocycles. The molecule has 2 unspecified atom stereocenters. The Labute approximate surface area is 128 Å². The summed E-state index contributed by atoms with van der Waals surface area (Å²) in [5.74, 6) is 0.621. The predicted octanol–water partition coefficient (Wildman–Crippen LogP) is 2.89. The van der Waals surface area contributed by atoms with Gasteiger partial charge in [0.15, 0.2) is 0 Å². The first-order valence-electron chi connectivity index (χ1n) is 8.25. The van der Waals surface area contributed by atoms with E-state index < -0.39 is 0 Å². The average molecular weight is 288 g/mol. The molecule has 1 aromatic rings. The molecule has 1 saturated carbocycles. The predicted molar refractivity (Wildman–Crippen MR) is 86.9 cm³/mol. The van der Waals surface area contributed by atoms with E-state index in [0.29, 0.717) is 12.5 Å². The van der Waals surface area contributed by atoms with Gasteiger partial charge >= 0.3 is 0 Å². The second-order valence-corrected chi connectivity index (χ2v) is 6.32. The van der Waals surface area contributed by atoms with E-state index in [1.165, 1.54) is 37.7 Å². The smallest absolute Gasteiger partial charge is 0.224 e. The average Bonchev–Trinajstić information content (AvgIpc) is 2.54. The van der Waals surface area contributed by atoms with Crippen molar-refractivity contribution in [2.24, 2.45) is 17.6 Å². The lowest BCUT2D eigenvalue weighted by atomic mass is 9.84. The van der Waals surface area contributed by atoms with Crippen LogP contribution in [0, 0.1) is 11.8 Å². The second kappa shape index (κ2) is 8.18. The van der Waals surface area contributed by atoms with Crippen LogP contribution in [-0.4, -0.2) is 18.5 Å². The molecule has 0 aromatic heterocycles. The lowest BCUT2D eigenvalue weighted by Gasteiger charge is -2.29. The van der Waals surface area contributed by atoms with Crippen LogP contribution in [0.2, 0.25) is 0 Å². The molecular formula is C18H28N2O. The van der Waals surface area contributed by atoms with Crippen molar-refractivity contribution in [3.05, 3.63) is 35.9 Å². The summed E-state index contributed by atoms with van der Waals surface area (Å²) in [6.45, 7) is 2.54. The quantitative estimate of drug-likeness (QED) is 0.845. The van der Waals surface area contributed by atoms with Crippen molar-refractivity contribution in [2.75, 3.05) is 6.54 Å². The summed E-state index contributed by atoms with van der Waals surface area (Å²) in [4.78, 5) is 12.4. The van der Waals surface area contributed by atoms with E-state index in [0.717, 1.165) is 6.42 Å². The topological polar surface area (TPSA) is 55.1 Å². The molecule has 3 heteroatoms. The number of benzene rings is 1. The minimum absolute atomic E-state index is 0.111. The molecule has 21 heavy (non-hydrogen) atoms. The maximum Gasteiger partial charge on any atom is 0.224 e. The van der Waals surface area contributed by atoms with E-state index in [4.69, 9.17) is 5.73 Å². The molecule has 1 fully saturated rings. The SMILES string of the molecule is CC(NC(=O)C(CN)Cc1ccccc1)C1CCCCC1. The zero-order valence-electron chi connectivity index (χ0n) is 13.1. The minimum Gasteiger partial charge on any atom is -0.353 e. The highest BCUT2D eigenvalue weighted by atomic mass is 16.1. The van der Waals surface area contributed by atoms with E-state index in [-0.39, 0.29) is 17.9 Å². The number of carbonyl (C=O) groups excluding carboxylic acids is 1. The van der Waals surface area contributed by atoms with Gasteiger partial charge in [0, 0.05) is 12.6 Å². The first kappa shape index (κ1) is 16.0. The summed E-state index contributed by atoms with van der Waals surface area (Å²) in [5.41, 5.74) is 6.99. The number of amides is 1. The van der Waals surface area contributed by atoms with Crippen molar-refractivity contribution in [3.8, 4) is 0 Å². The van der Waals surface area contributed by atoms with Crippen LogP contribution >= 0.6 is 0 Å². The molecule has 0 bridgehead atoms. The number of nitrogens with one attached hydrogen (secondary N) is 1. The van der Waals surface area contributed by atoms with Crippen LogP contribution in [0.15, 0.2) is 30.3 Å². The highest BCUT2D eigenvalue weighted by Crippen LogP contribution is 2.26. The molecule has 1 aliphatic carbocycles. The maximum atomic E-state index is 12.4. The third-order valence-electron chi connectivity index (χ3n) is 4.71. The van der Waals surface area contributed by atoms with Gasteiger partial charge in [-0.25, -0.2) is 0 Å². The fourth-order valence-electron chi connectivity index (χ4n) is 3.28. The number of hydrogen-bond acceptors (Lipinski definition) is 2. The normalized spacial score (nSPS) is 19.0. The monoisotopic (exact) mass is 288 g/mol. The van der Waals surface area contributed by atoms with Crippen LogP contribution in [-0.2, 0) is 11.2 Å². The molecule has 0 spiro atoms. The zero-order chi connectivity index (χ0) is 15.1. The van der Waals surface area contributed by atoms with E-state index in [1.807, 2.05) is 18.2 Å². The Balaban J connectivity index is 1.87. The minimum atomic E-state index is -0.126. The molecule has 0 heterocycles. The summed E-state index contributed by atoms with van der Waals surface area (Å²) in [6, 6.07) is 10.4. The van der Waals surface area contributed by atoms with Gasteiger partial charge in [-0.1, -0.05) is 49.6 Å². The number of carbonyl (C=O) groups is 1. The Morgan fingerprint density at radius 3 is 2.52 bits per heavy atom. The van der Waals surface area contributed by atoms with Crippen LogP contribution in [0.3, 0.4) is 0 Å². The van der Waals surface area contributed by atoms with Gasteiger partial charge in [-0.15, -0.1) is 0 Å². The molecule has 3 nitrogen and oxygen atoms in total. The summed E-state index contributed by atoms with van der Waals surface area (Å²) in [6.07, 6.45) is 7.16. The van der Waals surface area contributed by atoms with Crippen LogP contribution in [0.25, 0.3) is 0 Å². The zero-order valence-corrected chi connectivity index (χ0v) is 13.1. The first-order valence-corrected chi connectivity index (χ1v) is 8.25. The first-order chi connectivity index (χ1) is 10.2. The van der Waals surface area contributed by atoms with Gasteiger partial charge in [-0.3, -0.25) is 4.79 Å². The Hall–Kier alpha value is -1.35. The van der Waals surface area contributed by atoms with Crippen molar-refractivity contribution in [1.29, 1.82) is 0 Å². The third kappa shape index (κ3) is 4.85.